The molecular weight excluding hydrogens is 232 g/mol. The van der Waals surface area contributed by atoms with Crippen LogP contribution in [0, 0.1) is 0 Å². The Labute approximate surface area is 89.2 Å². The number of aliphatic hydroxyl groups excluding tert-OH is 2. The molecule has 5 N–H and O–H groups in total. The van der Waals surface area contributed by atoms with Crippen molar-refractivity contribution in [3.8, 4) is 0 Å². The van der Waals surface area contributed by atoms with Gasteiger partial charge in [-0.2, -0.15) is 12.6 Å². The highest BCUT2D eigenvalue weighted by atomic mass is 32.1. The van der Waals surface area contributed by atoms with Gasteiger partial charge in [0, 0.05) is 0 Å². The van der Waals surface area contributed by atoms with Crippen LogP contribution in [0.2, 0.25) is 0 Å². The molecule has 0 aromatic rings. The van der Waals surface area contributed by atoms with Crippen molar-refractivity contribution in [1.29, 1.82) is 0 Å². The largest absolute Gasteiger partial charge is 0.481 e. The maximum atomic E-state index is 9.77. The van der Waals surface area contributed by atoms with Gasteiger partial charge in [0.25, 0.3) is 0 Å². The van der Waals surface area contributed by atoms with Gasteiger partial charge >= 0.3 is 17.9 Å². The molecule has 2 atom stereocenters. The monoisotopic (exact) mass is 242 g/mol. The summed E-state index contributed by atoms with van der Waals surface area (Å²) < 4.78 is 0. The van der Waals surface area contributed by atoms with Crippen LogP contribution in [0.15, 0.2) is 0 Å². The number of aliphatic carboxylic acids is 3. The number of carboxylic acids is 3. The van der Waals surface area contributed by atoms with Crippen molar-refractivity contribution in [3.63, 3.8) is 0 Å². The molecule has 0 aliphatic carbocycles. The first kappa shape index (κ1) is 16.1. The van der Waals surface area contributed by atoms with E-state index in [1.54, 1.807) is 0 Å². The van der Waals surface area contributed by atoms with Gasteiger partial charge in [0.1, 0.15) is 0 Å². The number of hydrogen-bond donors (Lipinski definition) is 6. The predicted molar refractivity (Wildman–Crippen MR) is 48.8 cm³/mol. The molecule has 0 aromatic carbocycles. The van der Waals surface area contributed by atoms with Crippen molar-refractivity contribution in [3.05, 3.63) is 0 Å². The molecule has 0 aliphatic rings. The molecule has 0 spiro atoms. The molecule has 8 nitrogen and oxygen atoms in total. The summed E-state index contributed by atoms with van der Waals surface area (Å²) >= 11 is 3.42. The summed E-state index contributed by atoms with van der Waals surface area (Å²) in [6.45, 7) is 0. The Kier molecular flexibility index (Phi) is 8.63. The van der Waals surface area contributed by atoms with E-state index in [1.165, 1.54) is 0 Å². The Hall–Kier alpha value is -1.32. The second-order valence-corrected chi connectivity index (χ2v) is 2.43. The smallest absolute Gasteiger partial charge is 0.335 e. The number of carbonyl (C=O) groups is 3. The van der Waals surface area contributed by atoms with Crippen molar-refractivity contribution in [2.45, 2.75) is 12.2 Å². The number of thiol groups is 1. The SMILES string of the molecule is O=C(O)C(O)C(O)C(=O)O.O=C(O)CS. The molecule has 0 saturated heterocycles. The van der Waals surface area contributed by atoms with E-state index in [2.05, 4.69) is 12.6 Å². The van der Waals surface area contributed by atoms with E-state index in [0.29, 0.717) is 0 Å². The van der Waals surface area contributed by atoms with Crippen LogP contribution in [0.3, 0.4) is 0 Å². The lowest BCUT2D eigenvalue weighted by Crippen LogP contribution is -2.39. The van der Waals surface area contributed by atoms with Crippen LogP contribution in [-0.2, 0) is 14.4 Å². The molecule has 2 unspecified atom stereocenters. The third-order valence-corrected chi connectivity index (χ3v) is 1.21. The average molecular weight is 242 g/mol. The second-order valence-electron chi connectivity index (χ2n) is 2.12. The van der Waals surface area contributed by atoms with Gasteiger partial charge in [-0.15, -0.1) is 0 Å². The molecule has 0 bridgehead atoms. The van der Waals surface area contributed by atoms with Crippen LogP contribution in [-0.4, -0.2) is 61.4 Å². The third kappa shape index (κ3) is 9.00. The summed E-state index contributed by atoms with van der Waals surface area (Å²) in [5, 5.41) is 40.2. The third-order valence-electron chi connectivity index (χ3n) is 0.940. The highest BCUT2D eigenvalue weighted by molar-refractivity contribution is 7.81. The number of carboxylic acid groups (broad SMARTS) is 3. The molecule has 0 heterocycles. The maximum Gasteiger partial charge on any atom is 0.335 e. The molecule has 0 amide bonds. The fraction of sp³-hybridized carbons (Fsp3) is 0.500. The van der Waals surface area contributed by atoms with Gasteiger partial charge in [-0.25, -0.2) is 9.59 Å². The summed E-state index contributed by atoms with van der Waals surface area (Å²) in [5.74, 6) is -4.50. The standard InChI is InChI=1S/C4H6O6.C2H4O2S/c5-1(3(7)8)2(6)4(9)10;3-2(4)1-5/h1-2,5-6H,(H,7,8)(H,9,10);5H,1H2,(H,3,4). The van der Waals surface area contributed by atoms with E-state index in [1.807, 2.05) is 0 Å². The normalized spacial score (nSPS) is 13.0. The van der Waals surface area contributed by atoms with E-state index >= 15 is 0 Å². The fourth-order valence-corrected chi connectivity index (χ4v) is 0.270. The Balaban J connectivity index is 0. The summed E-state index contributed by atoms with van der Waals surface area (Å²) in [6, 6.07) is 0. The first-order valence-corrected chi connectivity index (χ1v) is 4.01. The van der Waals surface area contributed by atoms with E-state index in [4.69, 9.17) is 25.5 Å². The van der Waals surface area contributed by atoms with E-state index in [9.17, 15) is 14.4 Å². The zero-order valence-corrected chi connectivity index (χ0v) is 8.16. The first-order valence-electron chi connectivity index (χ1n) is 3.38. The topological polar surface area (TPSA) is 152 Å². The van der Waals surface area contributed by atoms with Crippen LogP contribution < -0.4 is 0 Å². The van der Waals surface area contributed by atoms with Crippen molar-refractivity contribution in [2.75, 3.05) is 5.75 Å². The molecule has 0 saturated carbocycles. The molecule has 0 aliphatic heterocycles. The number of rotatable bonds is 4. The predicted octanol–water partition coefficient (Wildman–Crippen LogP) is -2.12. The summed E-state index contributed by atoms with van der Waals surface area (Å²) in [4.78, 5) is 28.8. The van der Waals surface area contributed by atoms with E-state index < -0.39 is 30.1 Å². The van der Waals surface area contributed by atoms with Crippen LogP contribution in [0.25, 0.3) is 0 Å². The highest BCUT2D eigenvalue weighted by Gasteiger charge is 2.29. The summed E-state index contributed by atoms with van der Waals surface area (Å²) in [5.41, 5.74) is 0. The fourth-order valence-electron chi connectivity index (χ4n) is 0.270. The van der Waals surface area contributed by atoms with Gasteiger partial charge in [-0.05, 0) is 0 Å². The molecule has 0 aromatic heterocycles. The van der Waals surface area contributed by atoms with Crippen LogP contribution in [0.1, 0.15) is 0 Å². The van der Waals surface area contributed by atoms with E-state index in [-0.39, 0.29) is 5.75 Å². The second kappa shape index (κ2) is 8.03. The van der Waals surface area contributed by atoms with Crippen LogP contribution in [0.4, 0.5) is 0 Å². The summed E-state index contributed by atoms with van der Waals surface area (Å²) in [6.07, 6.45) is -4.53. The lowest BCUT2D eigenvalue weighted by atomic mass is 10.2. The highest BCUT2D eigenvalue weighted by Crippen LogP contribution is 1.92. The molecule has 0 radical (unpaired) electrons. The number of hydrogen-bond acceptors (Lipinski definition) is 6. The number of aliphatic hydroxyl groups is 2. The minimum Gasteiger partial charge on any atom is -0.481 e. The maximum absolute atomic E-state index is 9.77. The molecule has 15 heavy (non-hydrogen) atoms. The molecular formula is C6H10O8S. The molecule has 9 heteroatoms. The minimum absolute atomic E-state index is 0.0833. The van der Waals surface area contributed by atoms with Gasteiger partial charge in [0.15, 0.2) is 12.2 Å². The van der Waals surface area contributed by atoms with Gasteiger partial charge in [-0.3, -0.25) is 4.79 Å². The van der Waals surface area contributed by atoms with Crippen molar-refractivity contribution in [2.24, 2.45) is 0 Å². The Morgan fingerprint density at radius 1 is 0.933 bits per heavy atom. The molecule has 0 fully saturated rings. The lowest BCUT2D eigenvalue weighted by molar-refractivity contribution is -0.165. The van der Waals surface area contributed by atoms with E-state index in [0.717, 1.165) is 0 Å². The van der Waals surface area contributed by atoms with Crippen molar-refractivity contribution in [1.82, 2.24) is 0 Å². The first-order chi connectivity index (χ1) is 6.73. The van der Waals surface area contributed by atoms with Gasteiger partial charge in [0.2, 0.25) is 0 Å². The van der Waals surface area contributed by atoms with Crippen molar-refractivity contribution < 1.29 is 39.9 Å². The molecule has 0 rings (SSSR count). The Morgan fingerprint density at radius 2 is 1.13 bits per heavy atom. The zero-order valence-electron chi connectivity index (χ0n) is 7.27. The lowest BCUT2D eigenvalue weighted by Gasteiger charge is -2.07. The Morgan fingerprint density at radius 3 is 1.20 bits per heavy atom. The van der Waals surface area contributed by atoms with Gasteiger partial charge in [0.05, 0.1) is 5.75 Å². The minimum atomic E-state index is -2.27. The van der Waals surface area contributed by atoms with Gasteiger partial charge < -0.3 is 25.5 Å². The van der Waals surface area contributed by atoms with Gasteiger partial charge in [-0.1, -0.05) is 0 Å². The summed E-state index contributed by atoms with van der Waals surface area (Å²) in [7, 11) is 0. The molecule has 88 valence electrons. The Bertz CT molecular complexity index is 221. The average Bonchev–Trinajstić information content (AvgIpc) is 2.16. The zero-order chi connectivity index (χ0) is 12.6. The quantitative estimate of drug-likeness (QED) is 0.306. The van der Waals surface area contributed by atoms with Crippen LogP contribution >= 0.6 is 12.6 Å². The van der Waals surface area contributed by atoms with Crippen molar-refractivity contribution >= 4 is 30.5 Å². The van der Waals surface area contributed by atoms with Crippen LogP contribution in [0.5, 0.6) is 0 Å².